The van der Waals surface area contributed by atoms with Crippen LogP contribution in [0.3, 0.4) is 0 Å². The zero-order chi connectivity index (χ0) is 11.4. The van der Waals surface area contributed by atoms with E-state index in [4.69, 9.17) is 5.73 Å². The molecule has 4 heteroatoms. The first-order valence-corrected chi connectivity index (χ1v) is 5.05. The number of hydrogen-bond donors (Lipinski definition) is 1. The zero-order valence-corrected chi connectivity index (χ0v) is 9.56. The molecule has 0 unspecified atom stereocenters. The van der Waals surface area contributed by atoms with Crippen molar-refractivity contribution in [2.24, 2.45) is 5.73 Å². The molecule has 1 aliphatic rings. The molecule has 0 amide bonds. The first kappa shape index (κ1) is 17.2. The number of nitrogens with zero attached hydrogens (tertiary/aromatic N) is 1. The minimum absolute atomic E-state index is 0. The molecule has 0 bridgehead atoms. The molecule has 1 saturated heterocycles. The summed E-state index contributed by atoms with van der Waals surface area (Å²) in [5.41, 5.74) is 6.04. The van der Waals surface area contributed by atoms with Gasteiger partial charge in [-0.05, 0) is 34.1 Å². The van der Waals surface area contributed by atoms with Crippen molar-refractivity contribution in [2.45, 2.75) is 59.5 Å². The van der Waals surface area contributed by atoms with Crippen LogP contribution in [0.15, 0.2) is 0 Å². The van der Waals surface area contributed by atoms with Gasteiger partial charge in [-0.15, -0.1) is 0 Å². The molecule has 1 rings (SSSR count). The largest absolute Gasteiger partial charge is 0.324 e. The van der Waals surface area contributed by atoms with Gasteiger partial charge in [-0.3, -0.25) is 4.90 Å². The van der Waals surface area contributed by atoms with Gasteiger partial charge in [-0.2, -0.15) is 0 Å². The van der Waals surface area contributed by atoms with Crippen LogP contribution < -0.4 is 5.73 Å². The molecule has 94 valence electrons. The molecule has 0 aromatic heterocycles. The molecule has 1 fully saturated rings. The SMILES string of the molecule is C.CC(C)N1CC[C@@](C)(N)C1.CC(F)F. The van der Waals surface area contributed by atoms with E-state index in [1.807, 2.05) is 0 Å². The quantitative estimate of drug-likeness (QED) is 0.742. The number of hydrogen-bond acceptors (Lipinski definition) is 2. The number of rotatable bonds is 1. The number of likely N-dealkylation sites (tertiary alicyclic amines) is 1. The van der Waals surface area contributed by atoms with E-state index in [0.717, 1.165) is 19.9 Å². The fourth-order valence-corrected chi connectivity index (χ4v) is 1.46. The van der Waals surface area contributed by atoms with Gasteiger partial charge in [0.15, 0.2) is 0 Å². The predicted molar refractivity (Wildman–Crippen MR) is 62.3 cm³/mol. The molecule has 1 atom stereocenters. The van der Waals surface area contributed by atoms with Gasteiger partial charge in [0.25, 0.3) is 0 Å². The number of nitrogens with two attached hydrogens (primary N) is 1. The standard InChI is InChI=1S/C8H18N2.C2H4F2.CH4/c1-7(2)10-5-4-8(3,9)6-10;1-2(3)4;/h7H,4-6,9H2,1-3H3;2H,1H3;1H4/t8-;;/m1../s1. The van der Waals surface area contributed by atoms with Crippen LogP contribution in [0.4, 0.5) is 8.78 Å². The summed E-state index contributed by atoms with van der Waals surface area (Å²) in [6.45, 7) is 9.65. The lowest BCUT2D eigenvalue weighted by atomic mass is 10.0. The molecule has 0 aliphatic carbocycles. The summed E-state index contributed by atoms with van der Waals surface area (Å²) in [7, 11) is 0. The third-order valence-corrected chi connectivity index (χ3v) is 2.26. The van der Waals surface area contributed by atoms with Crippen LogP contribution in [0.2, 0.25) is 0 Å². The molecular weight excluding hydrogens is 198 g/mol. The summed E-state index contributed by atoms with van der Waals surface area (Å²) < 4.78 is 20.7. The van der Waals surface area contributed by atoms with E-state index < -0.39 is 6.43 Å². The predicted octanol–water partition coefficient (Wildman–Crippen LogP) is 2.73. The van der Waals surface area contributed by atoms with E-state index >= 15 is 0 Å². The van der Waals surface area contributed by atoms with Crippen LogP contribution in [0.5, 0.6) is 0 Å². The highest BCUT2D eigenvalue weighted by Gasteiger charge is 2.30. The second-order valence-electron chi connectivity index (χ2n) is 4.49. The van der Waals surface area contributed by atoms with E-state index in [9.17, 15) is 8.78 Å². The van der Waals surface area contributed by atoms with Crippen LogP contribution >= 0.6 is 0 Å². The zero-order valence-electron chi connectivity index (χ0n) is 9.56. The molecule has 0 aromatic rings. The van der Waals surface area contributed by atoms with Crippen LogP contribution in [-0.4, -0.2) is 36.0 Å². The first-order valence-electron chi connectivity index (χ1n) is 5.05. The highest BCUT2D eigenvalue weighted by Crippen LogP contribution is 2.19. The van der Waals surface area contributed by atoms with Crippen molar-refractivity contribution in [1.29, 1.82) is 0 Å². The van der Waals surface area contributed by atoms with E-state index in [-0.39, 0.29) is 13.0 Å². The lowest BCUT2D eigenvalue weighted by Gasteiger charge is -2.22. The minimum atomic E-state index is -2.17. The molecule has 2 nitrogen and oxygen atoms in total. The van der Waals surface area contributed by atoms with Gasteiger partial charge in [0, 0.05) is 24.7 Å². The Balaban J connectivity index is 0. The van der Waals surface area contributed by atoms with Crippen molar-refractivity contribution >= 4 is 0 Å². The van der Waals surface area contributed by atoms with E-state index in [0.29, 0.717) is 6.04 Å². The van der Waals surface area contributed by atoms with Gasteiger partial charge < -0.3 is 5.73 Å². The average molecular weight is 224 g/mol. The van der Waals surface area contributed by atoms with Gasteiger partial charge in [-0.1, -0.05) is 7.43 Å². The smallest absolute Gasteiger partial charge is 0.235 e. The summed E-state index contributed by atoms with van der Waals surface area (Å²) in [4.78, 5) is 2.43. The highest BCUT2D eigenvalue weighted by molar-refractivity contribution is 4.91. The van der Waals surface area contributed by atoms with Gasteiger partial charge in [0.1, 0.15) is 0 Å². The maximum absolute atomic E-state index is 10.3. The van der Waals surface area contributed by atoms with Gasteiger partial charge in [0.2, 0.25) is 6.43 Å². The Morgan fingerprint density at radius 2 is 1.67 bits per heavy atom. The van der Waals surface area contributed by atoms with Gasteiger partial charge >= 0.3 is 0 Å². The van der Waals surface area contributed by atoms with Crippen molar-refractivity contribution in [3.05, 3.63) is 0 Å². The Bertz CT molecular complexity index is 156. The summed E-state index contributed by atoms with van der Waals surface area (Å²) in [6.07, 6.45) is -1.02. The summed E-state index contributed by atoms with van der Waals surface area (Å²) >= 11 is 0. The van der Waals surface area contributed by atoms with Crippen molar-refractivity contribution in [1.82, 2.24) is 4.90 Å². The highest BCUT2D eigenvalue weighted by atomic mass is 19.3. The molecule has 0 spiro atoms. The minimum Gasteiger partial charge on any atom is -0.324 e. The van der Waals surface area contributed by atoms with Crippen molar-refractivity contribution in [3.8, 4) is 0 Å². The average Bonchev–Trinajstić information content (AvgIpc) is 2.28. The molecular formula is C11H26F2N2. The second kappa shape index (κ2) is 7.12. The van der Waals surface area contributed by atoms with Gasteiger partial charge in [0.05, 0.1) is 0 Å². The van der Waals surface area contributed by atoms with Crippen molar-refractivity contribution in [2.75, 3.05) is 13.1 Å². The van der Waals surface area contributed by atoms with E-state index in [1.165, 1.54) is 6.54 Å². The summed E-state index contributed by atoms with van der Waals surface area (Å²) in [5.74, 6) is 0. The Morgan fingerprint density at radius 1 is 1.27 bits per heavy atom. The lowest BCUT2D eigenvalue weighted by molar-refractivity contribution is 0.171. The second-order valence-corrected chi connectivity index (χ2v) is 4.49. The third kappa shape index (κ3) is 8.75. The van der Waals surface area contributed by atoms with Crippen LogP contribution in [0.25, 0.3) is 0 Å². The molecule has 0 radical (unpaired) electrons. The molecule has 0 saturated carbocycles. The fraction of sp³-hybridized carbons (Fsp3) is 1.00. The molecule has 2 N–H and O–H groups in total. The van der Waals surface area contributed by atoms with Crippen LogP contribution in [0, 0.1) is 0 Å². The Morgan fingerprint density at radius 3 is 1.80 bits per heavy atom. The summed E-state index contributed by atoms with van der Waals surface area (Å²) in [5, 5.41) is 0. The van der Waals surface area contributed by atoms with Crippen molar-refractivity contribution < 1.29 is 8.78 Å². The molecule has 1 heterocycles. The third-order valence-electron chi connectivity index (χ3n) is 2.26. The Hall–Kier alpha value is -0.220. The molecule has 15 heavy (non-hydrogen) atoms. The Labute approximate surface area is 92.8 Å². The van der Waals surface area contributed by atoms with Gasteiger partial charge in [-0.25, -0.2) is 8.78 Å². The summed E-state index contributed by atoms with van der Waals surface area (Å²) in [6, 6.07) is 0.658. The monoisotopic (exact) mass is 224 g/mol. The van der Waals surface area contributed by atoms with Crippen LogP contribution in [0.1, 0.15) is 41.5 Å². The first-order chi connectivity index (χ1) is 6.24. The van der Waals surface area contributed by atoms with E-state index in [2.05, 4.69) is 25.7 Å². The Kier molecular flexibility index (Phi) is 8.16. The van der Waals surface area contributed by atoms with E-state index in [1.54, 1.807) is 0 Å². The van der Waals surface area contributed by atoms with Crippen molar-refractivity contribution in [3.63, 3.8) is 0 Å². The topological polar surface area (TPSA) is 29.3 Å². The number of halogens is 2. The maximum Gasteiger partial charge on any atom is 0.235 e. The fourth-order valence-electron chi connectivity index (χ4n) is 1.46. The lowest BCUT2D eigenvalue weighted by Crippen LogP contribution is -2.40. The maximum atomic E-state index is 10.3. The molecule has 0 aromatic carbocycles. The normalized spacial score (nSPS) is 26.2. The molecule has 1 aliphatic heterocycles. The number of alkyl halides is 2. The van der Waals surface area contributed by atoms with Crippen LogP contribution in [-0.2, 0) is 0 Å².